The summed E-state index contributed by atoms with van der Waals surface area (Å²) in [7, 11) is 0. The monoisotopic (exact) mass is 611 g/mol. The maximum atomic E-state index is 13.3. The van der Waals surface area contributed by atoms with Gasteiger partial charge in [-0.1, -0.05) is 29.5 Å². The van der Waals surface area contributed by atoms with Crippen LogP contribution in [-0.4, -0.2) is 88.2 Å². The molecule has 3 aromatic rings. The molecule has 1 aliphatic heterocycles. The van der Waals surface area contributed by atoms with Gasteiger partial charge in [-0.05, 0) is 54.3 Å². The third kappa shape index (κ3) is 8.39. The van der Waals surface area contributed by atoms with Crippen molar-refractivity contribution in [3.05, 3.63) is 76.0 Å². The van der Waals surface area contributed by atoms with Gasteiger partial charge in [-0.25, -0.2) is 4.98 Å². The minimum Gasteiger partial charge on any atom is -0.394 e. The molecule has 1 fully saturated rings. The zero-order valence-electron chi connectivity index (χ0n) is 24.1. The van der Waals surface area contributed by atoms with Gasteiger partial charge in [0.15, 0.2) is 5.13 Å². The Hall–Kier alpha value is -3.29. The Balaban J connectivity index is 1.31. The van der Waals surface area contributed by atoms with E-state index >= 15 is 0 Å². The summed E-state index contributed by atoms with van der Waals surface area (Å²) in [5, 5.41) is 24.7. The quantitative estimate of drug-likeness (QED) is 0.243. The fourth-order valence-electron chi connectivity index (χ4n) is 4.56. The molecule has 1 saturated heterocycles. The van der Waals surface area contributed by atoms with Gasteiger partial charge in [0, 0.05) is 63.1 Å². The fraction of sp³-hybridized carbons (Fsp3) is 0.400. The number of thiazole rings is 1. The normalized spacial score (nSPS) is 14.1. The highest BCUT2D eigenvalue weighted by molar-refractivity contribution is 8.00. The first-order chi connectivity index (χ1) is 20.1. The lowest BCUT2D eigenvalue weighted by Crippen LogP contribution is -2.50. The number of rotatable bonds is 11. The molecule has 4 N–H and O–H groups in total. The standard InChI is InChI=1S/C30H37N5O5S2/c1-19-12-23(13-26(20(19)2)29(40)35-10-8-34(9-11-35)21(3)37)18-41-27-16-32-30(42-27)33-28(39)24-6-4-22(5-7-24)14-31-15-25(38)17-36/h4-7,12-13,16,25,31,36,38H,8-11,14-15,17-18H2,1-3H3,(H,32,33,39). The Morgan fingerprint density at radius 2 is 1.74 bits per heavy atom. The van der Waals surface area contributed by atoms with Crippen LogP contribution in [0.4, 0.5) is 5.13 Å². The average molecular weight is 612 g/mol. The molecule has 42 heavy (non-hydrogen) atoms. The van der Waals surface area contributed by atoms with Gasteiger partial charge in [0.2, 0.25) is 5.91 Å². The molecule has 0 bridgehead atoms. The van der Waals surface area contributed by atoms with Crippen LogP contribution in [0.1, 0.15) is 49.9 Å². The number of aryl methyl sites for hydroxylation is 1. The number of nitrogens with zero attached hydrogens (tertiary/aromatic N) is 3. The summed E-state index contributed by atoms with van der Waals surface area (Å²) in [6.45, 7) is 8.22. The van der Waals surface area contributed by atoms with E-state index in [9.17, 15) is 19.5 Å². The number of piperazine rings is 1. The number of hydrogen-bond acceptors (Lipinski definition) is 9. The SMILES string of the molecule is CC(=O)N1CCN(C(=O)c2cc(CSc3cnc(NC(=O)c4ccc(CNCC(O)CO)cc4)s3)cc(C)c2C)CC1. The van der Waals surface area contributed by atoms with Gasteiger partial charge < -0.3 is 25.3 Å². The number of carbonyl (C=O) groups excluding carboxylic acids is 3. The van der Waals surface area contributed by atoms with Gasteiger partial charge in [0.05, 0.1) is 23.1 Å². The zero-order chi connectivity index (χ0) is 30.2. The molecule has 2 heterocycles. The fourth-order valence-corrected chi connectivity index (χ4v) is 6.36. The van der Waals surface area contributed by atoms with Gasteiger partial charge in [-0.15, -0.1) is 11.8 Å². The van der Waals surface area contributed by atoms with Crippen LogP contribution in [0.25, 0.3) is 0 Å². The van der Waals surface area contributed by atoms with Gasteiger partial charge in [-0.3, -0.25) is 19.7 Å². The topological polar surface area (TPSA) is 135 Å². The summed E-state index contributed by atoms with van der Waals surface area (Å²) >= 11 is 3.00. The number of aliphatic hydroxyl groups excluding tert-OH is 2. The molecule has 1 unspecified atom stereocenters. The summed E-state index contributed by atoms with van der Waals surface area (Å²) in [6.07, 6.45) is 0.938. The first-order valence-electron chi connectivity index (χ1n) is 13.8. The van der Waals surface area contributed by atoms with Crippen LogP contribution in [0.3, 0.4) is 0 Å². The maximum Gasteiger partial charge on any atom is 0.257 e. The summed E-state index contributed by atoms with van der Waals surface area (Å²) in [5.74, 6) is 0.436. The predicted octanol–water partition coefficient (Wildman–Crippen LogP) is 3.05. The molecule has 0 saturated carbocycles. The molecule has 0 spiro atoms. The Morgan fingerprint density at radius 1 is 1.05 bits per heavy atom. The van der Waals surface area contributed by atoms with E-state index in [1.807, 2.05) is 36.9 Å². The van der Waals surface area contributed by atoms with E-state index in [1.54, 1.807) is 41.9 Å². The molecule has 3 amide bonds. The number of hydrogen-bond donors (Lipinski definition) is 4. The third-order valence-corrected chi connectivity index (χ3v) is 9.37. The number of aromatic nitrogens is 1. The zero-order valence-corrected chi connectivity index (χ0v) is 25.7. The van der Waals surface area contributed by atoms with Crippen LogP contribution < -0.4 is 10.6 Å². The summed E-state index contributed by atoms with van der Waals surface area (Å²) < 4.78 is 0.947. The molecule has 4 rings (SSSR count). The van der Waals surface area contributed by atoms with Crippen molar-refractivity contribution >= 4 is 46.0 Å². The highest BCUT2D eigenvalue weighted by Crippen LogP contribution is 2.32. The molecule has 224 valence electrons. The van der Waals surface area contributed by atoms with E-state index in [0.29, 0.717) is 54.7 Å². The summed E-state index contributed by atoms with van der Waals surface area (Å²) in [6, 6.07) is 11.2. The minimum absolute atomic E-state index is 0.00164. The predicted molar refractivity (Wildman–Crippen MR) is 165 cm³/mol. The number of aliphatic hydroxyl groups is 2. The number of thioether (sulfide) groups is 1. The van der Waals surface area contributed by atoms with E-state index < -0.39 is 6.10 Å². The van der Waals surface area contributed by atoms with Crippen molar-refractivity contribution in [2.45, 2.75) is 43.4 Å². The first kappa shape index (κ1) is 31.6. The molecule has 2 aromatic carbocycles. The van der Waals surface area contributed by atoms with Crippen LogP contribution in [0.5, 0.6) is 0 Å². The molecule has 10 nitrogen and oxygen atoms in total. The van der Waals surface area contributed by atoms with Crippen LogP contribution in [0, 0.1) is 13.8 Å². The molecule has 1 aromatic heterocycles. The number of amides is 3. The lowest BCUT2D eigenvalue weighted by Gasteiger charge is -2.34. The number of carbonyl (C=O) groups is 3. The second-order valence-corrected chi connectivity index (χ2v) is 12.6. The molecule has 1 atom stereocenters. The van der Waals surface area contributed by atoms with Crippen molar-refractivity contribution in [2.24, 2.45) is 0 Å². The number of benzene rings is 2. The first-order valence-corrected chi connectivity index (χ1v) is 15.6. The van der Waals surface area contributed by atoms with E-state index in [-0.39, 0.29) is 30.9 Å². The Labute approximate surface area is 254 Å². The lowest BCUT2D eigenvalue weighted by molar-refractivity contribution is -0.130. The van der Waals surface area contributed by atoms with Crippen LogP contribution in [0.15, 0.2) is 46.8 Å². The van der Waals surface area contributed by atoms with Gasteiger partial charge in [0.25, 0.3) is 11.8 Å². The van der Waals surface area contributed by atoms with Crippen LogP contribution in [-0.2, 0) is 17.1 Å². The third-order valence-electron chi connectivity index (χ3n) is 7.19. The van der Waals surface area contributed by atoms with Gasteiger partial charge >= 0.3 is 0 Å². The van der Waals surface area contributed by atoms with E-state index in [0.717, 1.165) is 26.5 Å². The molecule has 1 aliphatic rings. The minimum atomic E-state index is -0.800. The summed E-state index contributed by atoms with van der Waals surface area (Å²) in [4.78, 5) is 45.7. The molecular weight excluding hydrogens is 574 g/mol. The van der Waals surface area contributed by atoms with Crippen molar-refractivity contribution < 1.29 is 24.6 Å². The number of nitrogens with one attached hydrogen (secondary N) is 2. The highest BCUT2D eigenvalue weighted by atomic mass is 32.2. The molecular formula is C30H37N5O5S2. The average Bonchev–Trinajstić information content (AvgIpc) is 3.44. The smallest absolute Gasteiger partial charge is 0.257 e. The maximum absolute atomic E-state index is 13.3. The summed E-state index contributed by atoms with van der Waals surface area (Å²) in [5.41, 5.74) is 5.22. The Morgan fingerprint density at radius 3 is 2.40 bits per heavy atom. The van der Waals surface area contributed by atoms with Crippen molar-refractivity contribution in [3.8, 4) is 0 Å². The van der Waals surface area contributed by atoms with Gasteiger partial charge in [-0.2, -0.15) is 0 Å². The van der Waals surface area contributed by atoms with Crippen LogP contribution in [0.2, 0.25) is 0 Å². The Bertz CT molecular complexity index is 1400. The largest absolute Gasteiger partial charge is 0.394 e. The Kier molecular flexibility index (Phi) is 11.1. The molecule has 12 heteroatoms. The van der Waals surface area contributed by atoms with Crippen molar-refractivity contribution in [1.82, 2.24) is 20.1 Å². The van der Waals surface area contributed by atoms with Gasteiger partial charge in [0.1, 0.15) is 0 Å². The highest BCUT2D eigenvalue weighted by Gasteiger charge is 2.25. The van der Waals surface area contributed by atoms with Crippen LogP contribution >= 0.6 is 23.1 Å². The van der Waals surface area contributed by atoms with E-state index in [1.165, 1.54) is 11.3 Å². The van der Waals surface area contributed by atoms with Crippen molar-refractivity contribution in [2.75, 3.05) is 44.6 Å². The molecule has 0 radical (unpaired) electrons. The lowest BCUT2D eigenvalue weighted by atomic mass is 9.99. The van der Waals surface area contributed by atoms with Crippen molar-refractivity contribution in [1.29, 1.82) is 0 Å². The van der Waals surface area contributed by atoms with E-state index in [4.69, 9.17) is 5.11 Å². The second-order valence-electron chi connectivity index (χ2n) is 10.3. The number of anilines is 1. The molecule has 0 aliphatic carbocycles. The van der Waals surface area contributed by atoms with E-state index in [2.05, 4.69) is 21.7 Å². The second kappa shape index (κ2) is 14.7. The van der Waals surface area contributed by atoms with Crippen molar-refractivity contribution in [3.63, 3.8) is 0 Å².